The highest BCUT2D eigenvalue weighted by atomic mass is 16.1. The van der Waals surface area contributed by atoms with Crippen molar-refractivity contribution >= 4 is 5.78 Å². The molecule has 126 valence electrons. The van der Waals surface area contributed by atoms with Crippen molar-refractivity contribution in [3.63, 3.8) is 0 Å². The van der Waals surface area contributed by atoms with E-state index in [-0.39, 0.29) is 5.78 Å². The van der Waals surface area contributed by atoms with Gasteiger partial charge in [-0.3, -0.25) is 4.79 Å². The third-order valence-corrected chi connectivity index (χ3v) is 4.85. The second-order valence-corrected chi connectivity index (χ2v) is 6.68. The van der Waals surface area contributed by atoms with E-state index in [0.717, 1.165) is 24.0 Å². The number of aromatic nitrogens is 4. The van der Waals surface area contributed by atoms with Crippen molar-refractivity contribution in [2.24, 2.45) is 0 Å². The molecule has 1 atom stereocenters. The van der Waals surface area contributed by atoms with Crippen LogP contribution in [-0.4, -0.2) is 26.0 Å². The van der Waals surface area contributed by atoms with Crippen molar-refractivity contribution in [3.05, 3.63) is 64.7 Å². The Labute approximate surface area is 146 Å². The number of nitrogens with zero attached hydrogens (tertiary/aromatic N) is 4. The normalized spacial score (nSPS) is 14.3. The summed E-state index contributed by atoms with van der Waals surface area (Å²) >= 11 is 0. The van der Waals surface area contributed by atoms with Crippen molar-refractivity contribution < 1.29 is 4.79 Å². The van der Waals surface area contributed by atoms with Crippen LogP contribution < -0.4 is 0 Å². The molecule has 4 rings (SSSR count). The largest absolute Gasteiger partial charge is 0.292 e. The lowest BCUT2D eigenvalue weighted by Gasteiger charge is -2.10. The van der Waals surface area contributed by atoms with Gasteiger partial charge in [0.1, 0.15) is 6.04 Å². The summed E-state index contributed by atoms with van der Waals surface area (Å²) in [5, 5.41) is 12.6. The van der Waals surface area contributed by atoms with Gasteiger partial charge in [-0.25, -0.2) is 0 Å². The van der Waals surface area contributed by atoms with Crippen LogP contribution in [-0.2, 0) is 12.8 Å². The molecule has 0 spiro atoms. The van der Waals surface area contributed by atoms with Gasteiger partial charge in [0.2, 0.25) is 5.82 Å². The maximum Gasteiger partial charge on any atom is 0.204 e. The Balaban J connectivity index is 1.57. The van der Waals surface area contributed by atoms with Crippen LogP contribution in [0, 0.1) is 6.92 Å². The topological polar surface area (TPSA) is 60.7 Å². The van der Waals surface area contributed by atoms with Crippen LogP contribution in [0.2, 0.25) is 0 Å². The summed E-state index contributed by atoms with van der Waals surface area (Å²) in [7, 11) is 0. The van der Waals surface area contributed by atoms with Crippen LogP contribution in [0.4, 0.5) is 0 Å². The smallest absolute Gasteiger partial charge is 0.204 e. The van der Waals surface area contributed by atoms with Crippen molar-refractivity contribution in [2.75, 3.05) is 0 Å². The molecule has 1 heterocycles. The number of hydrogen-bond acceptors (Lipinski definition) is 4. The van der Waals surface area contributed by atoms with E-state index in [1.807, 2.05) is 50.2 Å². The number of hydrogen-bond donors (Lipinski definition) is 0. The zero-order valence-corrected chi connectivity index (χ0v) is 14.4. The molecule has 0 unspecified atom stereocenters. The van der Waals surface area contributed by atoms with Crippen molar-refractivity contribution in [1.82, 2.24) is 20.2 Å². The first-order valence-electron chi connectivity index (χ1n) is 8.64. The zero-order valence-electron chi connectivity index (χ0n) is 14.4. The lowest BCUT2D eigenvalue weighted by Crippen LogP contribution is -2.19. The molecule has 0 fully saturated rings. The molecular weight excluding hydrogens is 312 g/mol. The number of aryl methyl sites for hydroxylation is 3. The molecule has 1 aliphatic rings. The summed E-state index contributed by atoms with van der Waals surface area (Å²) in [5.41, 5.74) is 5.46. The fraction of sp³-hybridized carbons (Fsp3) is 0.300. The monoisotopic (exact) mass is 332 g/mol. The molecule has 2 aromatic carbocycles. The summed E-state index contributed by atoms with van der Waals surface area (Å²) in [4.78, 5) is 14.2. The number of carbonyl (C=O) groups excluding carboxylic acids is 1. The van der Waals surface area contributed by atoms with Gasteiger partial charge in [-0.05, 0) is 55.5 Å². The first-order valence-corrected chi connectivity index (χ1v) is 8.64. The number of tetrazole rings is 1. The molecule has 0 saturated carbocycles. The van der Waals surface area contributed by atoms with E-state index in [0.29, 0.717) is 5.82 Å². The summed E-state index contributed by atoms with van der Waals surface area (Å²) in [6, 6.07) is 13.5. The van der Waals surface area contributed by atoms with Crippen LogP contribution in [0.3, 0.4) is 0 Å². The first kappa shape index (κ1) is 15.7. The number of fused-ring (bicyclic) bond motifs is 1. The first-order chi connectivity index (χ1) is 12.1. The number of Topliss-reactive ketones (excluding diaryl/α,β-unsaturated/α-hetero) is 1. The van der Waals surface area contributed by atoms with E-state index in [1.54, 1.807) is 0 Å². The van der Waals surface area contributed by atoms with Gasteiger partial charge >= 0.3 is 0 Å². The van der Waals surface area contributed by atoms with Gasteiger partial charge in [0.15, 0.2) is 5.78 Å². The standard InChI is InChI=1S/C20H20N4O/c1-13-6-8-16(9-7-13)20-21-23-24(22-20)14(2)19(25)18-11-10-15-4-3-5-17(15)12-18/h6-12,14H,3-5H2,1-2H3/t14-/m1/s1. The lowest BCUT2D eigenvalue weighted by atomic mass is 10.0. The zero-order chi connectivity index (χ0) is 17.4. The average Bonchev–Trinajstić information content (AvgIpc) is 3.29. The minimum Gasteiger partial charge on any atom is -0.292 e. The molecule has 0 bridgehead atoms. The minimum absolute atomic E-state index is 0.0163. The number of rotatable bonds is 4. The molecule has 0 amide bonds. The number of ketones is 1. The van der Waals surface area contributed by atoms with Crippen LogP contribution >= 0.6 is 0 Å². The van der Waals surface area contributed by atoms with Gasteiger partial charge in [0, 0.05) is 11.1 Å². The fourth-order valence-electron chi connectivity index (χ4n) is 3.28. The maximum atomic E-state index is 12.8. The van der Waals surface area contributed by atoms with Crippen LogP contribution in [0.5, 0.6) is 0 Å². The molecule has 1 aliphatic carbocycles. The summed E-state index contributed by atoms with van der Waals surface area (Å²) in [6.07, 6.45) is 3.35. The second kappa shape index (κ2) is 6.24. The van der Waals surface area contributed by atoms with E-state index in [1.165, 1.54) is 27.9 Å². The van der Waals surface area contributed by atoms with E-state index < -0.39 is 6.04 Å². The fourth-order valence-corrected chi connectivity index (χ4v) is 3.28. The summed E-state index contributed by atoms with van der Waals surface area (Å²) in [5.74, 6) is 0.552. The van der Waals surface area contributed by atoms with Crippen molar-refractivity contribution in [2.45, 2.75) is 39.2 Å². The Morgan fingerprint density at radius 1 is 1.08 bits per heavy atom. The highest BCUT2D eigenvalue weighted by Gasteiger charge is 2.22. The van der Waals surface area contributed by atoms with Gasteiger partial charge in [0.25, 0.3) is 0 Å². The molecule has 1 aromatic heterocycles. The van der Waals surface area contributed by atoms with E-state index in [9.17, 15) is 4.79 Å². The molecule has 0 radical (unpaired) electrons. The Morgan fingerprint density at radius 3 is 2.64 bits per heavy atom. The van der Waals surface area contributed by atoms with Crippen molar-refractivity contribution in [1.29, 1.82) is 0 Å². The van der Waals surface area contributed by atoms with Crippen molar-refractivity contribution in [3.8, 4) is 11.4 Å². The number of benzene rings is 2. The highest BCUT2D eigenvalue weighted by molar-refractivity contribution is 5.98. The third-order valence-electron chi connectivity index (χ3n) is 4.85. The molecular formula is C20H20N4O. The number of carbonyl (C=O) groups is 1. The Kier molecular flexibility index (Phi) is 3.92. The Morgan fingerprint density at radius 2 is 1.84 bits per heavy atom. The predicted molar refractivity (Wildman–Crippen MR) is 95.5 cm³/mol. The summed E-state index contributed by atoms with van der Waals surface area (Å²) < 4.78 is 0. The SMILES string of the molecule is Cc1ccc(-c2nnn([C@H](C)C(=O)c3ccc4c(c3)CCC4)n2)cc1. The Hall–Kier alpha value is -2.82. The molecule has 0 aliphatic heterocycles. The molecule has 25 heavy (non-hydrogen) atoms. The average molecular weight is 332 g/mol. The lowest BCUT2D eigenvalue weighted by molar-refractivity contribution is 0.0918. The van der Waals surface area contributed by atoms with Crippen LogP contribution in [0.15, 0.2) is 42.5 Å². The van der Waals surface area contributed by atoms with E-state index in [4.69, 9.17) is 0 Å². The second-order valence-electron chi connectivity index (χ2n) is 6.68. The van der Waals surface area contributed by atoms with Crippen LogP contribution in [0.1, 0.15) is 46.4 Å². The Bertz CT molecular complexity index is 927. The van der Waals surface area contributed by atoms with Gasteiger partial charge in [-0.1, -0.05) is 42.0 Å². The predicted octanol–water partition coefficient (Wildman–Crippen LogP) is 3.58. The van der Waals surface area contributed by atoms with Gasteiger partial charge in [-0.2, -0.15) is 4.80 Å². The molecule has 0 saturated heterocycles. The minimum atomic E-state index is -0.480. The highest BCUT2D eigenvalue weighted by Crippen LogP contribution is 2.24. The molecule has 3 aromatic rings. The molecule has 5 heteroatoms. The molecule has 0 N–H and O–H groups in total. The van der Waals surface area contributed by atoms with Gasteiger partial charge in [-0.15, -0.1) is 10.2 Å². The molecule has 5 nitrogen and oxygen atoms in total. The van der Waals surface area contributed by atoms with Crippen LogP contribution in [0.25, 0.3) is 11.4 Å². The third kappa shape index (κ3) is 2.97. The van der Waals surface area contributed by atoms with E-state index in [2.05, 4.69) is 21.5 Å². The van der Waals surface area contributed by atoms with E-state index >= 15 is 0 Å². The quantitative estimate of drug-likeness (QED) is 0.685. The summed E-state index contributed by atoms with van der Waals surface area (Å²) in [6.45, 7) is 3.85. The van der Waals surface area contributed by atoms with Gasteiger partial charge < -0.3 is 0 Å². The maximum absolute atomic E-state index is 12.8. The van der Waals surface area contributed by atoms with Gasteiger partial charge in [0.05, 0.1) is 0 Å².